The van der Waals surface area contributed by atoms with Gasteiger partial charge in [-0.05, 0) is 18.2 Å². The van der Waals surface area contributed by atoms with E-state index in [0.717, 1.165) is 4.47 Å². The van der Waals surface area contributed by atoms with Crippen LogP contribution in [0.25, 0.3) is 0 Å². The average Bonchev–Trinajstić information content (AvgIpc) is 2.25. The van der Waals surface area contributed by atoms with Crippen LogP contribution >= 0.6 is 15.9 Å². The standard InChI is InChI=1S/C11H11BrF3NO2/c12-8-2-1-3-9(6-8)18-5-4-10(17)16-7-11(13,14)15/h1-3,6H,4-5,7H2,(H,16,17). The summed E-state index contributed by atoms with van der Waals surface area (Å²) in [5, 5.41) is 1.77. The van der Waals surface area contributed by atoms with Crippen molar-refractivity contribution in [3.8, 4) is 5.75 Å². The van der Waals surface area contributed by atoms with Crippen molar-refractivity contribution >= 4 is 21.8 Å². The van der Waals surface area contributed by atoms with Crippen molar-refractivity contribution in [3.63, 3.8) is 0 Å². The summed E-state index contributed by atoms with van der Waals surface area (Å²) in [4.78, 5) is 11.0. The van der Waals surface area contributed by atoms with E-state index >= 15 is 0 Å². The number of alkyl halides is 3. The molecule has 0 spiro atoms. The van der Waals surface area contributed by atoms with Gasteiger partial charge in [-0.3, -0.25) is 4.79 Å². The van der Waals surface area contributed by atoms with Crippen LogP contribution < -0.4 is 10.1 Å². The maximum absolute atomic E-state index is 11.8. The Bertz CT molecular complexity index is 410. The zero-order chi connectivity index (χ0) is 13.6. The van der Waals surface area contributed by atoms with E-state index in [2.05, 4.69) is 15.9 Å². The predicted octanol–water partition coefficient (Wildman–Crippen LogP) is 2.90. The van der Waals surface area contributed by atoms with Crippen LogP contribution in [0.4, 0.5) is 13.2 Å². The molecule has 1 rings (SSSR count). The van der Waals surface area contributed by atoms with E-state index < -0.39 is 18.6 Å². The molecule has 0 saturated heterocycles. The first kappa shape index (κ1) is 14.8. The predicted molar refractivity (Wildman–Crippen MR) is 63.3 cm³/mol. The van der Waals surface area contributed by atoms with Gasteiger partial charge in [0.2, 0.25) is 5.91 Å². The Morgan fingerprint density at radius 3 is 2.72 bits per heavy atom. The van der Waals surface area contributed by atoms with E-state index in [1.165, 1.54) is 0 Å². The maximum atomic E-state index is 11.8. The molecule has 1 N–H and O–H groups in total. The van der Waals surface area contributed by atoms with Gasteiger partial charge in [-0.1, -0.05) is 22.0 Å². The summed E-state index contributed by atoms with van der Waals surface area (Å²) < 4.78 is 41.4. The molecule has 0 fully saturated rings. The molecule has 18 heavy (non-hydrogen) atoms. The number of carbonyl (C=O) groups excluding carboxylic acids is 1. The van der Waals surface area contributed by atoms with Crippen LogP contribution in [0.1, 0.15) is 6.42 Å². The minimum absolute atomic E-state index is 0.0279. The molecule has 0 atom stereocenters. The summed E-state index contributed by atoms with van der Waals surface area (Å²) in [6.45, 7) is -1.29. The summed E-state index contributed by atoms with van der Waals surface area (Å²) in [6.07, 6.45) is -4.51. The lowest BCUT2D eigenvalue weighted by atomic mass is 10.3. The fourth-order valence-electron chi connectivity index (χ4n) is 1.11. The van der Waals surface area contributed by atoms with Crippen LogP contribution in [0.15, 0.2) is 28.7 Å². The lowest BCUT2D eigenvalue weighted by molar-refractivity contribution is -0.138. The zero-order valence-corrected chi connectivity index (χ0v) is 10.8. The molecule has 0 unspecified atom stereocenters. The highest BCUT2D eigenvalue weighted by Gasteiger charge is 2.27. The minimum Gasteiger partial charge on any atom is -0.493 e. The molecule has 1 amide bonds. The van der Waals surface area contributed by atoms with Crippen molar-refractivity contribution in [1.82, 2.24) is 5.32 Å². The molecule has 1 aromatic carbocycles. The third-order valence-corrected chi connectivity index (χ3v) is 2.37. The number of rotatable bonds is 5. The van der Waals surface area contributed by atoms with Crippen LogP contribution in [0, 0.1) is 0 Å². The first-order valence-electron chi connectivity index (χ1n) is 5.08. The smallest absolute Gasteiger partial charge is 0.405 e. The number of carbonyl (C=O) groups is 1. The normalized spacial score (nSPS) is 11.1. The Kier molecular flexibility index (Phi) is 5.46. The molecule has 0 bridgehead atoms. The van der Waals surface area contributed by atoms with Crippen molar-refractivity contribution in [2.75, 3.05) is 13.2 Å². The van der Waals surface area contributed by atoms with Gasteiger partial charge < -0.3 is 10.1 Å². The van der Waals surface area contributed by atoms with Crippen molar-refractivity contribution < 1.29 is 22.7 Å². The second-order valence-electron chi connectivity index (χ2n) is 3.45. The molecule has 0 aliphatic carbocycles. The summed E-state index contributed by atoms with van der Waals surface area (Å²) in [6, 6.07) is 6.96. The third-order valence-electron chi connectivity index (χ3n) is 1.88. The monoisotopic (exact) mass is 325 g/mol. The number of benzene rings is 1. The molecule has 1 aromatic rings. The molecule has 100 valence electrons. The number of amides is 1. The van der Waals surface area contributed by atoms with Crippen LogP contribution in [0.2, 0.25) is 0 Å². The number of ether oxygens (including phenoxy) is 1. The molecule has 0 saturated carbocycles. The van der Waals surface area contributed by atoms with Gasteiger partial charge in [-0.2, -0.15) is 13.2 Å². The molecular weight excluding hydrogens is 315 g/mol. The first-order valence-corrected chi connectivity index (χ1v) is 5.88. The van der Waals surface area contributed by atoms with Crippen LogP contribution in [-0.4, -0.2) is 25.2 Å². The number of hydrogen-bond acceptors (Lipinski definition) is 2. The van der Waals surface area contributed by atoms with Gasteiger partial charge in [-0.15, -0.1) is 0 Å². The molecule has 0 aliphatic heterocycles. The molecule has 0 radical (unpaired) electrons. The Balaban J connectivity index is 2.23. The van der Waals surface area contributed by atoms with Crippen LogP contribution in [-0.2, 0) is 4.79 Å². The fraction of sp³-hybridized carbons (Fsp3) is 0.364. The molecular formula is C11H11BrF3NO2. The van der Waals surface area contributed by atoms with Gasteiger partial charge in [-0.25, -0.2) is 0 Å². The number of halogens is 4. The average molecular weight is 326 g/mol. The van der Waals surface area contributed by atoms with Crippen molar-refractivity contribution in [1.29, 1.82) is 0 Å². The fourth-order valence-corrected chi connectivity index (χ4v) is 1.48. The van der Waals surface area contributed by atoms with Gasteiger partial charge in [0.25, 0.3) is 0 Å². The second-order valence-corrected chi connectivity index (χ2v) is 4.36. The highest BCUT2D eigenvalue weighted by atomic mass is 79.9. The third kappa shape index (κ3) is 6.48. The van der Waals surface area contributed by atoms with E-state index in [-0.39, 0.29) is 13.0 Å². The summed E-state index contributed by atoms with van der Waals surface area (Å²) in [5.74, 6) is -0.143. The van der Waals surface area contributed by atoms with Crippen molar-refractivity contribution in [3.05, 3.63) is 28.7 Å². The molecule has 7 heteroatoms. The van der Waals surface area contributed by atoms with E-state index in [1.807, 2.05) is 6.07 Å². The topological polar surface area (TPSA) is 38.3 Å². The zero-order valence-electron chi connectivity index (χ0n) is 9.26. The maximum Gasteiger partial charge on any atom is 0.405 e. The molecule has 0 heterocycles. The van der Waals surface area contributed by atoms with Gasteiger partial charge in [0.1, 0.15) is 12.3 Å². The van der Waals surface area contributed by atoms with Gasteiger partial charge in [0, 0.05) is 4.47 Å². The molecule has 0 aliphatic rings. The first-order chi connectivity index (χ1) is 8.37. The highest BCUT2D eigenvalue weighted by Crippen LogP contribution is 2.17. The van der Waals surface area contributed by atoms with Crippen molar-refractivity contribution in [2.45, 2.75) is 12.6 Å². The highest BCUT2D eigenvalue weighted by molar-refractivity contribution is 9.10. The Labute approximate surface area is 110 Å². The van der Waals surface area contributed by atoms with Gasteiger partial charge in [0.15, 0.2) is 0 Å². The van der Waals surface area contributed by atoms with Crippen LogP contribution in [0.5, 0.6) is 5.75 Å². The van der Waals surface area contributed by atoms with Gasteiger partial charge in [0.05, 0.1) is 13.0 Å². The quantitative estimate of drug-likeness (QED) is 0.904. The largest absolute Gasteiger partial charge is 0.493 e. The molecule has 3 nitrogen and oxygen atoms in total. The van der Waals surface area contributed by atoms with Gasteiger partial charge >= 0.3 is 6.18 Å². The van der Waals surface area contributed by atoms with Crippen molar-refractivity contribution in [2.24, 2.45) is 0 Å². The van der Waals surface area contributed by atoms with Crippen LogP contribution in [0.3, 0.4) is 0 Å². The van der Waals surface area contributed by atoms with E-state index in [9.17, 15) is 18.0 Å². The summed E-state index contributed by atoms with van der Waals surface area (Å²) in [5.41, 5.74) is 0. The lowest BCUT2D eigenvalue weighted by Crippen LogP contribution is -2.34. The Morgan fingerprint density at radius 1 is 1.39 bits per heavy atom. The van der Waals surface area contributed by atoms with E-state index in [0.29, 0.717) is 5.75 Å². The Morgan fingerprint density at radius 2 is 2.11 bits per heavy atom. The molecule has 0 aromatic heterocycles. The van der Waals surface area contributed by atoms with E-state index in [1.54, 1.807) is 23.5 Å². The summed E-state index contributed by atoms with van der Waals surface area (Å²) >= 11 is 3.25. The number of nitrogens with one attached hydrogen (secondary N) is 1. The number of hydrogen-bond donors (Lipinski definition) is 1. The lowest BCUT2D eigenvalue weighted by Gasteiger charge is -2.09. The second kappa shape index (κ2) is 6.63. The Hall–Kier alpha value is -1.24. The SMILES string of the molecule is O=C(CCOc1cccc(Br)c1)NCC(F)(F)F. The minimum atomic E-state index is -4.39. The summed E-state index contributed by atoms with van der Waals surface area (Å²) in [7, 11) is 0. The van der Waals surface area contributed by atoms with E-state index in [4.69, 9.17) is 4.74 Å².